The number of piperidine rings is 1. The van der Waals surface area contributed by atoms with Crippen molar-refractivity contribution in [3.05, 3.63) is 23.8 Å². The van der Waals surface area contributed by atoms with Crippen LogP contribution in [-0.2, 0) is 0 Å². The van der Waals surface area contributed by atoms with Gasteiger partial charge >= 0.3 is 0 Å². The highest BCUT2D eigenvalue weighted by atomic mass is 32.2. The second-order valence-corrected chi connectivity index (χ2v) is 6.94. The van der Waals surface area contributed by atoms with E-state index in [9.17, 15) is 0 Å². The van der Waals surface area contributed by atoms with Gasteiger partial charge in [0.05, 0.1) is 0 Å². The van der Waals surface area contributed by atoms with E-state index >= 15 is 0 Å². The van der Waals surface area contributed by atoms with Crippen molar-refractivity contribution in [1.29, 1.82) is 0 Å². The minimum absolute atomic E-state index is 0.383. The van der Waals surface area contributed by atoms with Gasteiger partial charge in [0.25, 0.3) is 0 Å². The van der Waals surface area contributed by atoms with Gasteiger partial charge in [-0.2, -0.15) is 0 Å². The summed E-state index contributed by atoms with van der Waals surface area (Å²) in [5.74, 6) is 0. The Morgan fingerprint density at radius 2 is 2.10 bits per heavy atom. The molecule has 1 unspecified atom stereocenters. The van der Waals surface area contributed by atoms with Crippen molar-refractivity contribution >= 4 is 34.7 Å². The maximum Gasteiger partial charge on any atom is 0.107 e. The van der Waals surface area contributed by atoms with E-state index in [1.165, 1.54) is 32.4 Å². The van der Waals surface area contributed by atoms with Gasteiger partial charge < -0.3 is 16.0 Å². The Balaban J connectivity index is 2.05. The monoisotopic (exact) mass is 323 g/mol. The number of benzene rings is 1. The van der Waals surface area contributed by atoms with Crippen LogP contribution in [0.1, 0.15) is 31.7 Å². The standard InChI is InChI=1S/C16H25N3S2/c1-12(11-19-9-4-3-5-10-19)18-13-7-6-8-14(21-2)15(13)16(17)20/h6-8,12,18H,3-5,9-11H2,1-2H3,(H2,17,20). The van der Waals surface area contributed by atoms with Gasteiger partial charge in [-0.05, 0) is 51.2 Å². The molecule has 3 N–H and O–H groups in total. The highest BCUT2D eigenvalue weighted by Crippen LogP contribution is 2.27. The molecule has 0 saturated carbocycles. The van der Waals surface area contributed by atoms with E-state index in [0.29, 0.717) is 11.0 Å². The lowest BCUT2D eigenvalue weighted by molar-refractivity contribution is 0.223. The zero-order valence-electron chi connectivity index (χ0n) is 12.9. The molecule has 21 heavy (non-hydrogen) atoms. The van der Waals surface area contributed by atoms with Crippen LogP contribution in [-0.4, -0.2) is 41.8 Å². The predicted molar refractivity (Wildman–Crippen MR) is 97.5 cm³/mol. The first-order chi connectivity index (χ1) is 10.1. The molecule has 0 bridgehead atoms. The van der Waals surface area contributed by atoms with Crippen molar-refractivity contribution in [2.24, 2.45) is 5.73 Å². The van der Waals surface area contributed by atoms with Crippen LogP contribution in [0.2, 0.25) is 0 Å². The van der Waals surface area contributed by atoms with Crippen LogP contribution in [0.5, 0.6) is 0 Å². The Hall–Kier alpha value is -0.780. The SMILES string of the molecule is CSc1cccc(NC(C)CN2CCCCC2)c1C(N)=S. The third kappa shape index (κ3) is 4.59. The molecule has 0 radical (unpaired) electrons. The van der Waals surface area contributed by atoms with Crippen LogP contribution < -0.4 is 11.1 Å². The summed E-state index contributed by atoms with van der Waals surface area (Å²) in [5.41, 5.74) is 7.95. The summed E-state index contributed by atoms with van der Waals surface area (Å²) in [7, 11) is 0. The largest absolute Gasteiger partial charge is 0.389 e. The van der Waals surface area contributed by atoms with Gasteiger partial charge in [0.1, 0.15) is 4.99 Å². The first-order valence-corrected chi connectivity index (χ1v) is 9.21. The lowest BCUT2D eigenvalue weighted by Crippen LogP contribution is -2.38. The molecule has 1 aliphatic rings. The molecule has 0 aliphatic carbocycles. The van der Waals surface area contributed by atoms with Crippen LogP contribution in [0.3, 0.4) is 0 Å². The lowest BCUT2D eigenvalue weighted by atomic mass is 10.1. The molecular weight excluding hydrogens is 298 g/mol. The number of hydrogen-bond acceptors (Lipinski definition) is 4. The summed E-state index contributed by atoms with van der Waals surface area (Å²) < 4.78 is 0. The fourth-order valence-electron chi connectivity index (χ4n) is 2.92. The number of nitrogens with two attached hydrogens (primary N) is 1. The molecule has 1 aromatic rings. The minimum atomic E-state index is 0.383. The van der Waals surface area contributed by atoms with E-state index in [4.69, 9.17) is 18.0 Å². The zero-order valence-corrected chi connectivity index (χ0v) is 14.5. The molecule has 1 saturated heterocycles. The highest BCUT2D eigenvalue weighted by molar-refractivity contribution is 7.98. The number of rotatable bonds is 6. The molecule has 2 rings (SSSR count). The molecular formula is C16H25N3S2. The molecule has 1 heterocycles. The first kappa shape index (κ1) is 16.6. The van der Waals surface area contributed by atoms with Crippen molar-refractivity contribution in [2.75, 3.05) is 31.2 Å². The fourth-order valence-corrected chi connectivity index (χ4v) is 3.84. The number of likely N-dealkylation sites (tertiary alicyclic amines) is 1. The molecule has 5 heteroatoms. The van der Waals surface area contributed by atoms with E-state index < -0.39 is 0 Å². The van der Waals surface area contributed by atoms with Gasteiger partial charge in [-0.25, -0.2) is 0 Å². The Morgan fingerprint density at radius 1 is 1.38 bits per heavy atom. The average Bonchev–Trinajstić information content (AvgIpc) is 2.47. The number of nitrogens with zero attached hydrogens (tertiary/aromatic N) is 1. The number of thiocarbonyl (C=S) groups is 1. The Kier molecular flexibility index (Phi) is 6.33. The van der Waals surface area contributed by atoms with E-state index in [0.717, 1.165) is 22.7 Å². The van der Waals surface area contributed by atoms with Crippen molar-refractivity contribution in [3.63, 3.8) is 0 Å². The van der Waals surface area contributed by atoms with Crippen LogP contribution in [0, 0.1) is 0 Å². The van der Waals surface area contributed by atoms with E-state index in [-0.39, 0.29) is 0 Å². The van der Waals surface area contributed by atoms with Crippen molar-refractivity contribution in [2.45, 2.75) is 37.1 Å². The smallest absolute Gasteiger partial charge is 0.107 e. The van der Waals surface area contributed by atoms with Gasteiger partial charge in [-0.1, -0.05) is 24.7 Å². The van der Waals surface area contributed by atoms with E-state index in [1.54, 1.807) is 11.8 Å². The Morgan fingerprint density at radius 3 is 2.71 bits per heavy atom. The van der Waals surface area contributed by atoms with Crippen LogP contribution in [0.15, 0.2) is 23.1 Å². The van der Waals surface area contributed by atoms with E-state index in [2.05, 4.69) is 41.6 Å². The van der Waals surface area contributed by atoms with Gasteiger partial charge in [-0.3, -0.25) is 0 Å². The Bertz CT molecular complexity index is 484. The summed E-state index contributed by atoms with van der Waals surface area (Å²) >= 11 is 6.91. The molecule has 1 fully saturated rings. The average molecular weight is 324 g/mol. The van der Waals surface area contributed by atoms with Gasteiger partial charge in [0.15, 0.2) is 0 Å². The third-order valence-corrected chi connectivity index (χ3v) is 4.86. The van der Waals surface area contributed by atoms with Crippen molar-refractivity contribution < 1.29 is 0 Å². The lowest BCUT2D eigenvalue weighted by Gasteiger charge is -2.30. The van der Waals surface area contributed by atoms with Crippen LogP contribution in [0.25, 0.3) is 0 Å². The zero-order chi connectivity index (χ0) is 15.2. The van der Waals surface area contributed by atoms with Gasteiger partial charge in [-0.15, -0.1) is 11.8 Å². The minimum Gasteiger partial charge on any atom is -0.389 e. The second-order valence-electron chi connectivity index (χ2n) is 5.65. The molecule has 1 aliphatic heterocycles. The Labute approximate surface area is 137 Å². The van der Waals surface area contributed by atoms with Gasteiger partial charge in [0.2, 0.25) is 0 Å². The fraction of sp³-hybridized carbons (Fsp3) is 0.562. The molecule has 3 nitrogen and oxygen atoms in total. The number of nitrogens with one attached hydrogen (secondary N) is 1. The first-order valence-electron chi connectivity index (χ1n) is 7.57. The molecule has 116 valence electrons. The maximum atomic E-state index is 5.92. The van der Waals surface area contributed by atoms with Crippen molar-refractivity contribution in [3.8, 4) is 0 Å². The summed E-state index contributed by atoms with van der Waals surface area (Å²) in [5, 5.41) is 3.59. The molecule has 1 atom stereocenters. The number of hydrogen-bond donors (Lipinski definition) is 2. The van der Waals surface area contributed by atoms with Crippen LogP contribution in [0.4, 0.5) is 5.69 Å². The summed E-state index contributed by atoms with van der Waals surface area (Å²) in [6.45, 7) is 5.74. The number of thioether (sulfide) groups is 1. The summed E-state index contributed by atoms with van der Waals surface area (Å²) in [4.78, 5) is 4.14. The normalized spacial score (nSPS) is 17.4. The number of anilines is 1. The van der Waals surface area contributed by atoms with Crippen LogP contribution >= 0.6 is 24.0 Å². The quantitative estimate of drug-likeness (QED) is 0.621. The molecule has 0 amide bonds. The van der Waals surface area contributed by atoms with E-state index in [1.807, 2.05) is 0 Å². The maximum absolute atomic E-state index is 5.92. The third-order valence-electron chi connectivity index (χ3n) is 3.88. The molecule has 0 spiro atoms. The summed E-state index contributed by atoms with van der Waals surface area (Å²) in [6, 6.07) is 6.58. The predicted octanol–water partition coefficient (Wildman–Crippen LogP) is 3.33. The molecule has 1 aromatic carbocycles. The molecule has 0 aromatic heterocycles. The second kappa shape index (κ2) is 8.01. The van der Waals surface area contributed by atoms with Gasteiger partial charge in [0, 0.05) is 28.7 Å². The topological polar surface area (TPSA) is 41.3 Å². The summed E-state index contributed by atoms with van der Waals surface area (Å²) in [6.07, 6.45) is 6.08. The van der Waals surface area contributed by atoms with Crippen molar-refractivity contribution in [1.82, 2.24) is 4.90 Å². The highest BCUT2D eigenvalue weighted by Gasteiger charge is 2.16.